The highest BCUT2D eigenvalue weighted by molar-refractivity contribution is 7.89. The molecule has 0 aliphatic carbocycles. The fraction of sp³-hybridized carbons (Fsp3) is 0.583. The molecule has 2 saturated heterocycles. The molecule has 1 aromatic carbocycles. The van der Waals surface area contributed by atoms with Gasteiger partial charge in [-0.15, -0.1) is 0 Å². The van der Waals surface area contributed by atoms with Gasteiger partial charge in [0, 0.05) is 25.2 Å². The highest BCUT2D eigenvalue weighted by Gasteiger charge is 2.37. The first-order valence-corrected chi connectivity index (χ1v) is 13.6. The lowest BCUT2D eigenvalue weighted by atomic mass is 10.1. The second kappa shape index (κ2) is 10.1. The lowest BCUT2D eigenvalue weighted by Crippen LogP contribution is -2.45. The van der Waals surface area contributed by atoms with Crippen molar-refractivity contribution >= 4 is 21.8 Å². The maximum Gasteiger partial charge on any atom is 0.274 e. The minimum Gasteiger partial charge on any atom is -0.493 e. The van der Waals surface area contributed by atoms with Gasteiger partial charge in [0.1, 0.15) is 11.4 Å². The number of nitrogens with zero attached hydrogens (tertiary/aromatic N) is 4. The molecule has 3 heterocycles. The van der Waals surface area contributed by atoms with Crippen LogP contribution < -0.4 is 10.1 Å². The fourth-order valence-electron chi connectivity index (χ4n) is 4.87. The highest BCUT2D eigenvalue weighted by Crippen LogP contribution is 2.31. The van der Waals surface area contributed by atoms with Crippen LogP contribution in [-0.2, 0) is 14.8 Å². The third-order valence-electron chi connectivity index (χ3n) is 6.57. The number of likely N-dealkylation sites (tertiary alicyclic amines) is 1. The molecule has 0 unspecified atom stereocenters. The second-order valence-corrected chi connectivity index (χ2v) is 11.2. The highest BCUT2D eigenvalue weighted by atomic mass is 32.2. The maximum atomic E-state index is 13.7. The van der Waals surface area contributed by atoms with Gasteiger partial charge in [0.2, 0.25) is 10.0 Å². The van der Waals surface area contributed by atoms with Gasteiger partial charge in [-0.1, -0.05) is 6.58 Å². The zero-order valence-corrected chi connectivity index (χ0v) is 21.1. The summed E-state index contributed by atoms with van der Waals surface area (Å²) >= 11 is 0. The van der Waals surface area contributed by atoms with E-state index in [9.17, 15) is 13.2 Å². The summed E-state index contributed by atoms with van der Waals surface area (Å²) < 4.78 is 34.9. The molecule has 10 heteroatoms. The molecule has 1 amide bonds. The molecule has 0 radical (unpaired) electrons. The Bertz CT molecular complexity index is 1080. The van der Waals surface area contributed by atoms with Gasteiger partial charge < -0.3 is 15.0 Å². The minimum absolute atomic E-state index is 0.0235. The Morgan fingerprint density at radius 3 is 2.62 bits per heavy atom. The quantitative estimate of drug-likeness (QED) is 0.564. The molecule has 34 heavy (non-hydrogen) atoms. The van der Waals surface area contributed by atoms with Gasteiger partial charge in [0.25, 0.3) is 5.91 Å². The van der Waals surface area contributed by atoms with Gasteiger partial charge in [-0.05, 0) is 77.7 Å². The molecule has 0 aromatic heterocycles. The number of carbonyl (C=O) groups excluding carboxylic acids is 1. The summed E-state index contributed by atoms with van der Waals surface area (Å²) in [5.41, 5.74) is 0.673. The van der Waals surface area contributed by atoms with Crippen molar-refractivity contribution in [1.82, 2.24) is 19.5 Å². The van der Waals surface area contributed by atoms with E-state index >= 15 is 0 Å². The molecule has 1 aromatic rings. The largest absolute Gasteiger partial charge is 0.493 e. The first-order valence-electron chi connectivity index (χ1n) is 12.1. The van der Waals surface area contributed by atoms with Crippen LogP contribution in [0.15, 0.2) is 40.5 Å². The molecule has 1 N–H and O–H groups in total. The van der Waals surface area contributed by atoms with Crippen molar-refractivity contribution in [3.05, 3.63) is 36.0 Å². The predicted octanol–water partition coefficient (Wildman–Crippen LogP) is 2.35. The third-order valence-corrected chi connectivity index (χ3v) is 8.52. The number of sulfonamides is 1. The molecule has 3 aliphatic rings. The molecule has 1 atom stereocenters. The molecular formula is C24H35N5O4S. The summed E-state index contributed by atoms with van der Waals surface area (Å²) in [6, 6.07) is 4.68. The van der Waals surface area contributed by atoms with Crippen LogP contribution in [0.2, 0.25) is 0 Å². The van der Waals surface area contributed by atoms with E-state index in [1.54, 1.807) is 22.5 Å². The Labute approximate surface area is 202 Å². The van der Waals surface area contributed by atoms with Crippen molar-refractivity contribution in [3.8, 4) is 5.75 Å². The number of nitrogens with one attached hydrogen (secondary N) is 1. The SMILES string of the molecule is C=C1C(=O)NC(c2cc(S(=O)(=O)N3CCC[C@H]3CN3CCCC3)ccc2OCC)=NN1C(C)C. The van der Waals surface area contributed by atoms with Gasteiger partial charge in [0.05, 0.1) is 17.1 Å². The van der Waals surface area contributed by atoms with Crippen LogP contribution in [0.4, 0.5) is 0 Å². The first-order chi connectivity index (χ1) is 16.2. The summed E-state index contributed by atoms with van der Waals surface area (Å²) in [6.07, 6.45) is 4.08. The number of ether oxygens (including phenoxy) is 1. The molecule has 0 bridgehead atoms. The van der Waals surface area contributed by atoms with E-state index in [4.69, 9.17) is 4.74 Å². The predicted molar refractivity (Wildman–Crippen MR) is 131 cm³/mol. The number of carbonyl (C=O) groups is 1. The monoisotopic (exact) mass is 489 g/mol. The number of rotatable bonds is 8. The Balaban J connectivity index is 1.69. The zero-order valence-electron chi connectivity index (χ0n) is 20.3. The van der Waals surface area contributed by atoms with Crippen molar-refractivity contribution in [3.63, 3.8) is 0 Å². The van der Waals surface area contributed by atoms with Crippen LogP contribution in [-0.4, -0.2) is 79.2 Å². The van der Waals surface area contributed by atoms with Crippen molar-refractivity contribution < 1.29 is 17.9 Å². The summed E-state index contributed by atoms with van der Waals surface area (Å²) in [4.78, 5) is 15.1. The summed E-state index contributed by atoms with van der Waals surface area (Å²) in [5.74, 6) is 0.341. The number of hydrogen-bond acceptors (Lipinski definition) is 7. The average Bonchev–Trinajstić information content (AvgIpc) is 3.48. The number of amidine groups is 1. The molecule has 2 fully saturated rings. The number of hydrogen-bond donors (Lipinski definition) is 1. The minimum atomic E-state index is -3.72. The Hall–Kier alpha value is -2.43. The van der Waals surface area contributed by atoms with E-state index in [0.717, 1.165) is 32.5 Å². The smallest absolute Gasteiger partial charge is 0.274 e. The first kappa shape index (κ1) is 24.7. The Kier molecular flexibility index (Phi) is 7.30. The van der Waals surface area contributed by atoms with Crippen molar-refractivity contribution in [2.45, 2.75) is 63.4 Å². The maximum absolute atomic E-state index is 13.7. The topological polar surface area (TPSA) is 94.5 Å². The lowest BCUT2D eigenvalue weighted by Gasteiger charge is -2.30. The molecule has 4 rings (SSSR count). The Morgan fingerprint density at radius 1 is 1.21 bits per heavy atom. The summed E-state index contributed by atoms with van der Waals surface area (Å²) in [5, 5.41) is 8.84. The van der Waals surface area contributed by atoms with Gasteiger partial charge in [-0.2, -0.15) is 9.41 Å². The number of amides is 1. The van der Waals surface area contributed by atoms with Crippen LogP contribution in [0.3, 0.4) is 0 Å². The molecule has 0 saturated carbocycles. The van der Waals surface area contributed by atoms with Crippen molar-refractivity contribution in [2.75, 3.05) is 32.8 Å². The zero-order chi connectivity index (χ0) is 24.5. The standard InChI is InChI=1S/C24H35N5O4S/c1-5-33-22-11-10-20(15-21(22)23-25-24(30)18(4)29(26-23)17(2)3)34(31,32)28-14-8-9-19(28)16-27-12-6-7-13-27/h10-11,15,17,19H,4-9,12-14,16H2,1-3H3,(H,25,26,30)/t19-/m0/s1. The van der Waals surface area contributed by atoms with Crippen LogP contribution >= 0.6 is 0 Å². The molecule has 3 aliphatic heterocycles. The third kappa shape index (κ3) is 4.85. The molecule has 0 spiro atoms. The van der Waals surface area contributed by atoms with Gasteiger partial charge in [-0.25, -0.2) is 8.42 Å². The molecular weight excluding hydrogens is 454 g/mol. The Morgan fingerprint density at radius 2 is 1.94 bits per heavy atom. The van der Waals surface area contributed by atoms with E-state index < -0.39 is 10.0 Å². The normalized spacial score (nSPS) is 22.4. The summed E-state index contributed by atoms with van der Waals surface area (Å²) in [6.45, 7) is 13.2. The second-order valence-electron chi connectivity index (χ2n) is 9.30. The van der Waals surface area contributed by atoms with E-state index in [0.29, 0.717) is 24.5 Å². The van der Waals surface area contributed by atoms with Gasteiger partial charge in [-0.3, -0.25) is 9.80 Å². The van der Waals surface area contributed by atoms with Crippen LogP contribution in [0.25, 0.3) is 0 Å². The van der Waals surface area contributed by atoms with Gasteiger partial charge in [0.15, 0.2) is 5.84 Å². The summed E-state index contributed by atoms with van der Waals surface area (Å²) in [7, 11) is -3.72. The molecule has 9 nitrogen and oxygen atoms in total. The average molecular weight is 490 g/mol. The number of benzene rings is 1. The van der Waals surface area contributed by atoms with Crippen LogP contribution in [0, 0.1) is 0 Å². The van der Waals surface area contributed by atoms with Crippen molar-refractivity contribution in [1.29, 1.82) is 0 Å². The van der Waals surface area contributed by atoms with E-state index in [1.807, 2.05) is 20.8 Å². The number of hydrazone groups is 1. The van der Waals surface area contributed by atoms with Crippen molar-refractivity contribution in [2.24, 2.45) is 5.10 Å². The fourth-order valence-corrected chi connectivity index (χ4v) is 6.58. The van der Waals surface area contributed by atoms with Crippen LogP contribution in [0.1, 0.15) is 52.0 Å². The lowest BCUT2D eigenvalue weighted by molar-refractivity contribution is -0.118. The van der Waals surface area contributed by atoms with E-state index in [2.05, 4.69) is 21.9 Å². The molecule has 186 valence electrons. The van der Waals surface area contributed by atoms with Gasteiger partial charge >= 0.3 is 0 Å². The van der Waals surface area contributed by atoms with E-state index in [-0.39, 0.29) is 34.4 Å². The van der Waals surface area contributed by atoms with E-state index in [1.165, 1.54) is 17.9 Å². The van der Waals surface area contributed by atoms with Crippen LogP contribution in [0.5, 0.6) is 5.75 Å².